The van der Waals surface area contributed by atoms with Gasteiger partial charge in [-0.1, -0.05) is 22.9 Å². The lowest BCUT2D eigenvalue weighted by Crippen LogP contribution is -2.26. The van der Waals surface area contributed by atoms with Gasteiger partial charge in [0.05, 0.1) is 12.0 Å². The molecule has 0 aromatic carbocycles. The molecule has 3 nitrogen and oxygen atoms in total. The number of rotatable bonds is 2. The SMILES string of the molecule is COc1nc(Cl)c(C2(N)CC2(F)F)s1. The summed E-state index contributed by atoms with van der Waals surface area (Å²) in [4.78, 5) is 3.94. The molecule has 1 aromatic heterocycles. The van der Waals surface area contributed by atoms with Gasteiger partial charge in [0.25, 0.3) is 11.1 Å². The van der Waals surface area contributed by atoms with Crippen LogP contribution >= 0.6 is 22.9 Å². The minimum Gasteiger partial charge on any atom is -0.473 e. The second-order valence-electron chi connectivity index (χ2n) is 3.16. The number of aromatic nitrogens is 1. The summed E-state index contributed by atoms with van der Waals surface area (Å²) in [6, 6.07) is 0. The van der Waals surface area contributed by atoms with Gasteiger partial charge in [0.2, 0.25) is 0 Å². The van der Waals surface area contributed by atoms with Crippen LogP contribution in [-0.4, -0.2) is 18.0 Å². The molecule has 0 spiro atoms. The summed E-state index contributed by atoms with van der Waals surface area (Å²) >= 11 is 6.64. The van der Waals surface area contributed by atoms with Crippen molar-refractivity contribution >= 4 is 22.9 Å². The standard InChI is InChI=1S/C7H7ClF2N2OS/c1-13-5-12-4(8)3(14-5)6(11)2-7(6,9)10/h2,11H2,1H3. The van der Waals surface area contributed by atoms with E-state index in [0.29, 0.717) is 0 Å². The van der Waals surface area contributed by atoms with Gasteiger partial charge in [0.1, 0.15) is 10.7 Å². The van der Waals surface area contributed by atoms with Gasteiger partial charge in [-0.2, -0.15) is 4.98 Å². The molecule has 2 N–H and O–H groups in total. The molecule has 1 heterocycles. The van der Waals surface area contributed by atoms with Crippen molar-refractivity contribution in [2.75, 3.05) is 7.11 Å². The van der Waals surface area contributed by atoms with Crippen LogP contribution in [0.2, 0.25) is 5.15 Å². The van der Waals surface area contributed by atoms with Gasteiger partial charge >= 0.3 is 0 Å². The summed E-state index contributed by atoms with van der Waals surface area (Å²) in [6.07, 6.45) is -0.384. The Hall–Kier alpha value is -0.460. The van der Waals surface area contributed by atoms with Crippen molar-refractivity contribution in [1.29, 1.82) is 0 Å². The zero-order chi connectivity index (χ0) is 10.6. The van der Waals surface area contributed by atoms with Gasteiger partial charge in [-0.3, -0.25) is 0 Å². The maximum Gasteiger partial charge on any atom is 0.274 e. The Labute approximate surface area is 87.8 Å². The summed E-state index contributed by atoms with van der Waals surface area (Å²) in [5, 5.41) is 0.254. The van der Waals surface area contributed by atoms with E-state index in [1.54, 1.807) is 0 Å². The highest BCUT2D eigenvalue weighted by Crippen LogP contribution is 2.60. The fourth-order valence-corrected chi connectivity index (χ4v) is 2.54. The lowest BCUT2D eigenvalue weighted by molar-refractivity contribution is 0.0899. The Balaban J connectivity index is 2.39. The highest BCUT2D eigenvalue weighted by molar-refractivity contribution is 7.14. The van der Waals surface area contributed by atoms with Gasteiger partial charge < -0.3 is 10.5 Å². The van der Waals surface area contributed by atoms with Crippen molar-refractivity contribution in [2.45, 2.75) is 17.9 Å². The van der Waals surface area contributed by atoms with Crippen LogP contribution in [-0.2, 0) is 5.54 Å². The topological polar surface area (TPSA) is 48.1 Å². The number of thiazole rings is 1. The predicted octanol–water partition coefficient (Wildman–Crippen LogP) is 2.00. The van der Waals surface area contributed by atoms with E-state index in [9.17, 15) is 8.78 Å². The fourth-order valence-electron chi connectivity index (χ4n) is 1.20. The second kappa shape index (κ2) is 2.77. The van der Waals surface area contributed by atoms with Gasteiger partial charge in [-0.25, -0.2) is 8.78 Å². The van der Waals surface area contributed by atoms with Crippen LogP contribution in [0.25, 0.3) is 0 Å². The van der Waals surface area contributed by atoms with E-state index in [1.807, 2.05) is 0 Å². The molecule has 0 saturated heterocycles. The van der Waals surface area contributed by atoms with E-state index < -0.39 is 11.5 Å². The molecular weight excluding hydrogens is 234 g/mol. The molecule has 1 atom stereocenters. The van der Waals surface area contributed by atoms with Crippen molar-refractivity contribution in [1.82, 2.24) is 4.98 Å². The number of hydrogen-bond acceptors (Lipinski definition) is 4. The van der Waals surface area contributed by atoms with Gasteiger partial charge in [0.15, 0.2) is 0 Å². The third-order valence-corrected chi connectivity index (χ3v) is 3.75. The maximum absolute atomic E-state index is 12.9. The van der Waals surface area contributed by atoms with Crippen LogP contribution < -0.4 is 10.5 Å². The highest BCUT2D eigenvalue weighted by Gasteiger charge is 2.71. The van der Waals surface area contributed by atoms with Gasteiger partial charge in [-0.15, -0.1) is 0 Å². The highest BCUT2D eigenvalue weighted by atomic mass is 35.5. The molecular formula is C7H7ClF2N2OS. The average molecular weight is 241 g/mol. The van der Waals surface area contributed by atoms with Crippen molar-refractivity contribution < 1.29 is 13.5 Å². The van der Waals surface area contributed by atoms with E-state index in [4.69, 9.17) is 22.1 Å². The molecule has 7 heteroatoms. The molecule has 1 saturated carbocycles. The summed E-state index contributed by atoms with van der Waals surface area (Å²) in [7, 11) is 1.40. The lowest BCUT2D eigenvalue weighted by atomic mass is 10.2. The first kappa shape index (κ1) is 10.1. The van der Waals surface area contributed by atoms with Crippen LogP contribution in [0.15, 0.2) is 0 Å². The molecule has 1 unspecified atom stereocenters. The molecule has 1 fully saturated rings. The minimum absolute atomic E-state index is 0.00604. The summed E-state index contributed by atoms with van der Waals surface area (Å²) in [5.74, 6) is -2.88. The van der Waals surface area contributed by atoms with Crippen molar-refractivity contribution in [2.24, 2.45) is 5.73 Å². The first-order valence-electron chi connectivity index (χ1n) is 3.78. The monoisotopic (exact) mass is 240 g/mol. The normalized spacial score (nSPS) is 28.9. The van der Waals surface area contributed by atoms with Crippen molar-refractivity contribution in [3.8, 4) is 5.19 Å². The number of nitrogens with zero attached hydrogens (tertiary/aromatic N) is 1. The van der Waals surface area contributed by atoms with Crippen LogP contribution in [0, 0.1) is 0 Å². The Bertz CT molecular complexity index is 384. The number of hydrogen-bond donors (Lipinski definition) is 1. The molecule has 78 valence electrons. The van der Waals surface area contributed by atoms with Crippen LogP contribution in [0.5, 0.6) is 5.19 Å². The number of nitrogens with two attached hydrogens (primary N) is 1. The quantitative estimate of drug-likeness (QED) is 0.860. The number of methoxy groups -OCH3 is 1. The summed E-state index contributed by atoms with van der Waals surface area (Å²) in [6.45, 7) is 0. The molecule has 0 amide bonds. The number of halogens is 3. The Kier molecular flexibility index (Phi) is 1.99. The Morgan fingerprint density at radius 3 is 2.57 bits per heavy atom. The predicted molar refractivity (Wildman–Crippen MR) is 49.1 cm³/mol. The van der Waals surface area contributed by atoms with Crippen LogP contribution in [0.1, 0.15) is 11.3 Å². The van der Waals surface area contributed by atoms with Gasteiger partial charge in [0, 0.05) is 6.42 Å². The summed E-state index contributed by atoms with van der Waals surface area (Å²) < 4.78 is 30.6. The van der Waals surface area contributed by atoms with Crippen molar-refractivity contribution in [3.63, 3.8) is 0 Å². The minimum atomic E-state index is -2.88. The molecule has 1 aliphatic rings. The molecule has 0 aliphatic heterocycles. The smallest absolute Gasteiger partial charge is 0.274 e. The van der Waals surface area contributed by atoms with Crippen molar-refractivity contribution in [3.05, 3.63) is 10.0 Å². The third kappa shape index (κ3) is 1.21. The Morgan fingerprint density at radius 1 is 1.64 bits per heavy atom. The van der Waals surface area contributed by atoms with E-state index in [-0.39, 0.29) is 21.6 Å². The van der Waals surface area contributed by atoms with E-state index in [1.165, 1.54) is 7.11 Å². The third-order valence-electron chi connectivity index (χ3n) is 2.17. The average Bonchev–Trinajstić information content (AvgIpc) is 2.43. The van der Waals surface area contributed by atoms with E-state index >= 15 is 0 Å². The maximum atomic E-state index is 12.9. The molecule has 2 rings (SSSR count). The molecule has 0 radical (unpaired) electrons. The molecule has 0 bridgehead atoms. The summed E-state index contributed by atoms with van der Waals surface area (Å²) in [5.41, 5.74) is 3.85. The zero-order valence-electron chi connectivity index (χ0n) is 7.18. The van der Waals surface area contributed by atoms with Crippen LogP contribution in [0.3, 0.4) is 0 Å². The number of ether oxygens (including phenoxy) is 1. The van der Waals surface area contributed by atoms with Crippen LogP contribution in [0.4, 0.5) is 8.78 Å². The lowest BCUT2D eigenvalue weighted by Gasteiger charge is -2.06. The second-order valence-corrected chi connectivity index (χ2v) is 4.48. The zero-order valence-corrected chi connectivity index (χ0v) is 8.75. The van der Waals surface area contributed by atoms with E-state index in [2.05, 4.69) is 4.98 Å². The Morgan fingerprint density at radius 2 is 2.21 bits per heavy atom. The molecule has 1 aromatic rings. The number of alkyl halides is 2. The van der Waals surface area contributed by atoms with E-state index in [0.717, 1.165) is 11.3 Å². The molecule has 1 aliphatic carbocycles. The van der Waals surface area contributed by atoms with Gasteiger partial charge in [-0.05, 0) is 0 Å². The fraction of sp³-hybridized carbons (Fsp3) is 0.571. The first-order chi connectivity index (χ1) is 6.40. The first-order valence-corrected chi connectivity index (χ1v) is 4.98. The largest absolute Gasteiger partial charge is 0.473 e. The molecule has 14 heavy (non-hydrogen) atoms.